The predicted octanol–water partition coefficient (Wildman–Crippen LogP) is 3.36. The summed E-state index contributed by atoms with van der Waals surface area (Å²) in [6, 6.07) is 5.30. The first-order valence-corrected chi connectivity index (χ1v) is 20.0. The van der Waals surface area contributed by atoms with Crippen LogP contribution in [0.1, 0.15) is 45.1 Å². The van der Waals surface area contributed by atoms with Gasteiger partial charge in [0.05, 0.1) is 48.9 Å². The van der Waals surface area contributed by atoms with Gasteiger partial charge in [0.1, 0.15) is 36.1 Å². The second-order valence-corrected chi connectivity index (χ2v) is 16.2. The van der Waals surface area contributed by atoms with Crippen molar-refractivity contribution in [2.45, 2.75) is 89.0 Å². The van der Waals surface area contributed by atoms with Crippen LogP contribution in [-0.4, -0.2) is 125 Å². The number of likely N-dealkylation sites (tertiary alicyclic amines) is 2. The van der Waals surface area contributed by atoms with E-state index in [1.54, 1.807) is 44.6 Å². The molecule has 4 amide bonds. The van der Waals surface area contributed by atoms with Crippen molar-refractivity contribution in [2.24, 2.45) is 11.8 Å². The summed E-state index contributed by atoms with van der Waals surface area (Å²) < 4.78 is 62.1. The predicted molar refractivity (Wildman–Crippen MR) is 210 cm³/mol. The third kappa shape index (κ3) is 8.56. The highest BCUT2D eigenvalue weighted by Crippen LogP contribution is 2.38. The molecule has 0 radical (unpaired) electrons. The summed E-state index contributed by atoms with van der Waals surface area (Å²) in [4.78, 5) is 64.5. The number of rotatable bonds is 15. The van der Waals surface area contributed by atoms with Crippen LogP contribution in [0.2, 0.25) is 0 Å². The summed E-state index contributed by atoms with van der Waals surface area (Å²) in [5.74, 6) is -2.60. The van der Waals surface area contributed by atoms with Crippen LogP contribution >= 0.6 is 0 Å². The molecule has 2 aromatic carbocycles. The van der Waals surface area contributed by atoms with Crippen LogP contribution in [0.15, 0.2) is 36.4 Å². The fourth-order valence-electron chi connectivity index (χ4n) is 8.63. The van der Waals surface area contributed by atoms with Crippen LogP contribution in [0, 0.1) is 23.5 Å². The molecule has 3 fully saturated rings. The lowest BCUT2D eigenvalue weighted by Crippen LogP contribution is -2.54. The number of nitrogens with zero attached hydrogens (tertiary/aromatic N) is 4. The molecule has 312 valence electrons. The Hall–Kier alpha value is -5.03. The molecule has 2 aliphatic heterocycles. The minimum absolute atomic E-state index is 0.00107. The molecule has 1 saturated carbocycles. The zero-order valence-electron chi connectivity index (χ0n) is 33.1. The van der Waals surface area contributed by atoms with E-state index >= 15 is 8.78 Å². The highest BCUT2D eigenvalue weighted by atomic mass is 19.1. The summed E-state index contributed by atoms with van der Waals surface area (Å²) in [5, 5.41) is 11.8. The van der Waals surface area contributed by atoms with E-state index < -0.39 is 54.1 Å². The first-order chi connectivity index (χ1) is 27.8. The Kier molecular flexibility index (Phi) is 12.1. The third-order valence-corrected chi connectivity index (χ3v) is 11.5. The van der Waals surface area contributed by atoms with Crippen LogP contribution in [0.3, 0.4) is 0 Å². The first-order valence-electron chi connectivity index (χ1n) is 20.0. The Morgan fingerprint density at radius 2 is 1.47 bits per heavy atom. The Bertz CT molecular complexity index is 2040. The molecule has 13 nitrogen and oxygen atoms in total. The Labute approximate surface area is 333 Å². The van der Waals surface area contributed by atoms with E-state index in [9.17, 15) is 28.0 Å². The summed E-state index contributed by atoms with van der Waals surface area (Å²) in [7, 11) is 3.24. The van der Waals surface area contributed by atoms with Gasteiger partial charge in [0, 0.05) is 42.4 Å². The van der Waals surface area contributed by atoms with E-state index in [0.717, 1.165) is 12.8 Å². The Morgan fingerprint density at radius 1 is 0.845 bits per heavy atom. The maximum absolute atomic E-state index is 15.4. The number of amides is 4. The van der Waals surface area contributed by atoms with Gasteiger partial charge in [-0.15, -0.1) is 0 Å². The van der Waals surface area contributed by atoms with Gasteiger partial charge in [-0.05, 0) is 81.1 Å². The van der Waals surface area contributed by atoms with Crippen molar-refractivity contribution in [3.8, 4) is 11.5 Å². The van der Waals surface area contributed by atoms with Gasteiger partial charge in [0.15, 0.2) is 5.82 Å². The SMILES string of the molecule is CNCC(=O)NC(C(=O)N1CC(F)CC1Cc1c(-c2nc3cc(F)ccc3n2CC2CC(F)CN2C(=O)C(NC(=O)CNC)C2CC2)[nH]c2cc(F)ccc12)C(C)C. The van der Waals surface area contributed by atoms with Crippen LogP contribution in [0.4, 0.5) is 17.6 Å². The topological polar surface area (TPSA) is 156 Å². The highest BCUT2D eigenvalue weighted by Gasteiger charge is 2.45. The number of imidazole rings is 1. The summed E-state index contributed by atoms with van der Waals surface area (Å²) in [5.41, 5.74) is 2.22. The quantitative estimate of drug-likeness (QED) is 0.115. The monoisotopic (exact) mass is 809 g/mol. The molecular formula is C41H51F4N9O4. The molecule has 4 heterocycles. The van der Waals surface area contributed by atoms with Gasteiger partial charge in [-0.2, -0.15) is 0 Å². The van der Waals surface area contributed by atoms with Crippen LogP contribution in [0.25, 0.3) is 33.5 Å². The normalized spacial score (nSPS) is 21.9. The summed E-state index contributed by atoms with van der Waals surface area (Å²) in [6.45, 7) is 3.34. The second-order valence-electron chi connectivity index (χ2n) is 16.2. The van der Waals surface area contributed by atoms with Crippen LogP contribution in [-0.2, 0) is 32.1 Å². The number of aromatic amines is 1. The molecule has 6 unspecified atom stereocenters. The van der Waals surface area contributed by atoms with Crippen molar-refractivity contribution >= 4 is 45.6 Å². The number of benzene rings is 2. The molecule has 1 aliphatic carbocycles. The molecule has 6 atom stereocenters. The van der Waals surface area contributed by atoms with E-state index in [-0.39, 0.29) is 87.1 Å². The van der Waals surface area contributed by atoms with E-state index in [0.29, 0.717) is 33.5 Å². The van der Waals surface area contributed by atoms with E-state index in [2.05, 4.69) is 26.3 Å². The largest absolute Gasteiger partial charge is 0.352 e. The molecule has 4 aromatic rings. The second kappa shape index (κ2) is 17.1. The lowest BCUT2D eigenvalue weighted by atomic mass is 9.98. The van der Waals surface area contributed by atoms with Gasteiger partial charge < -0.3 is 40.6 Å². The first kappa shape index (κ1) is 41.1. The lowest BCUT2D eigenvalue weighted by molar-refractivity contribution is -0.138. The molecule has 0 spiro atoms. The van der Waals surface area contributed by atoms with Crippen molar-refractivity contribution in [3.63, 3.8) is 0 Å². The van der Waals surface area contributed by atoms with Gasteiger partial charge in [-0.25, -0.2) is 22.5 Å². The molecule has 0 bridgehead atoms. The minimum Gasteiger partial charge on any atom is -0.352 e. The van der Waals surface area contributed by atoms with Crippen molar-refractivity contribution in [1.29, 1.82) is 0 Å². The average Bonchev–Trinajstić information content (AvgIpc) is 3.53. The Balaban J connectivity index is 1.27. The molecule has 2 aromatic heterocycles. The standard InChI is InChI=1S/C41H51F4N9O4/c1-21(2)36(50-34(55)16-46-3)40(57)52-18-25(44)11-27(52)15-30-29-9-7-23(42)13-31(29)48-38(30)39-49-32-14-24(43)8-10-33(32)54(39)20-28-12-26(45)19-53(28)41(58)37(22-5-6-22)51-35(56)17-47-4/h7-10,13-14,21-22,25-28,36-37,46-48H,5-6,11-12,15-20H2,1-4H3,(H,50,55)(H,51,56). The maximum Gasteiger partial charge on any atom is 0.245 e. The summed E-state index contributed by atoms with van der Waals surface area (Å²) in [6.07, 6.45) is -1.00. The van der Waals surface area contributed by atoms with Gasteiger partial charge in [0.25, 0.3) is 0 Å². The maximum atomic E-state index is 15.4. The van der Waals surface area contributed by atoms with Gasteiger partial charge in [0.2, 0.25) is 23.6 Å². The number of alkyl halides is 2. The number of hydrogen-bond donors (Lipinski definition) is 5. The molecule has 58 heavy (non-hydrogen) atoms. The molecule has 3 aliphatic rings. The van der Waals surface area contributed by atoms with Crippen LogP contribution in [0.5, 0.6) is 0 Å². The highest BCUT2D eigenvalue weighted by molar-refractivity contribution is 5.93. The number of nitrogens with one attached hydrogen (secondary N) is 5. The molecule has 17 heteroatoms. The number of fused-ring (bicyclic) bond motifs is 2. The van der Waals surface area contributed by atoms with Crippen molar-refractivity contribution in [3.05, 3.63) is 53.6 Å². The van der Waals surface area contributed by atoms with E-state index in [4.69, 9.17) is 4.98 Å². The van der Waals surface area contributed by atoms with Crippen molar-refractivity contribution in [1.82, 2.24) is 45.6 Å². The van der Waals surface area contributed by atoms with Gasteiger partial charge >= 0.3 is 0 Å². The zero-order chi connectivity index (χ0) is 41.4. The molecule has 2 saturated heterocycles. The number of likely N-dealkylation sites (N-methyl/N-ethyl adjacent to an activating group) is 2. The van der Waals surface area contributed by atoms with Gasteiger partial charge in [-0.1, -0.05) is 13.8 Å². The fourth-order valence-corrected chi connectivity index (χ4v) is 8.63. The van der Waals surface area contributed by atoms with Crippen molar-refractivity contribution in [2.75, 3.05) is 40.3 Å². The molecular weight excluding hydrogens is 759 g/mol. The zero-order valence-corrected chi connectivity index (χ0v) is 33.1. The van der Waals surface area contributed by atoms with E-state index in [1.807, 2.05) is 0 Å². The molecule has 7 rings (SSSR count). The number of halogens is 4. The number of aromatic nitrogens is 3. The van der Waals surface area contributed by atoms with Gasteiger partial charge in [-0.3, -0.25) is 19.2 Å². The number of carbonyl (C=O) groups excluding carboxylic acids is 4. The minimum atomic E-state index is -1.34. The average molecular weight is 810 g/mol. The number of carbonyl (C=O) groups is 4. The third-order valence-electron chi connectivity index (χ3n) is 11.5. The summed E-state index contributed by atoms with van der Waals surface area (Å²) >= 11 is 0. The van der Waals surface area contributed by atoms with E-state index in [1.165, 1.54) is 34.1 Å². The number of hydrogen-bond acceptors (Lipinski definition) is 7. The fraction of sp³-hybridized carbons (Fsp3) is 0.537. The number of H-pyrrole nitrogens is 1. The molecule has 5 N–H and O–H groups in total. The smallest absolute Gasteiger partial charge is 0.245 e. The Morgan fingerprint density at radius 3 is 2.12 bits per heavy atom. The van der Waals surface area contributed by atoms with Crippen LogP contribution < -0.4 is 21.3 Å². The lowest BCUT2D eigenvalue weighted by Gasteiger charge is -2.31. The van der Waals surface area contributed by atoms with Crippen molar-refractivity contribution < 1.29 is 36.7 Å².